The second kappa shape index (κ2) is 6.26. The van der Waals surface area contributed by atoms with Crippen LogP contribution in [0, 0.1) is 0 Å². The number of nitrogens with one attached hydrogen (secondary N) is 1. The van der Waals surface area contributed by atoms with E-state index in [-0.39, 0.29) is 5.69 Å². The Labute approximate surface area is 110 Å². The Bertz CT molecular complexity index is 463. The molecule has 0 aliphatic rings. The second-order valence-corrected chi connectivity index (χ2v) is 4.30. The molecule has 98 valence electrons. The highest BCUT2D eigenvalue weighted by Gasteiger charge is 2.19. The first kappa shape index (κ1) is 14.3. The normalized spacial score (nSPS) is 11.9. The maximum atomic E-state index is 11.8. The van der Waals surface area contributed by atoms with Gasteiger partial charge in [-0.05, 0) is 24.6 Å². The molecule has 18 heavy (non-hydrogen) atoms. The first-order chi connectivity index (χ1) is 8.45. The van der Waals surface area contributed by atoms with Gasteiger partial charge in [-0.2, -0.15) is 0 Å². The van der Waals surface area contributed by atoms with E-state index < -0.39 is 17.9 Å². The summed E-state index contributed by atoms with van der Waals surface area (Å²) in [5, 5.41) is 11.7. The molecular weight excluding hydrogens is 256 g/mol. The van der Waals surface area contributed by atoms with E-state index in [1.54, 1.807) is 0 Å². The average Bonchev–Trinajstić information content (AvgIpc) is 2.31. The van der Waals surface area contributed by atoms with Crippen LogP contribution in [-0.4, -0.2) is 23.0 Å². The lowest BCUT2D eigenvalue weighted by atomic mass is 10.1. The van der Waals surface area contributed by atoms with Gasteiger partial charge in [0.25, 0.3) is 5.91 Å². The second-order valence-electron chi connectivity index (χ2n) is 3.89. The smallest absolute Gasteiger partial charge is 0.326 e. The number of nitrogens with two attached hydrogens (primary N) is 1. The van der Waals surface area contributed by atoms with E-state index in [4.69, 9.17) is 22.4 Å². The predicted molar refractivity (Wildman–Crippen MR) is 69.7 cm³/mol. The molecule has 1 rings (SSSR count). The van der Waals surface area contributed by atoms with Crippen molar-refractivity contribution in [1.82, 2.24) is 5.32 Å². The van der Waals surface area contributed by atoms with E-state index in [0.29, 0.717) is 23.4 Å². The number of halogens is 1. The number of anilines is 1. The standard InChI is InChI=1S/C12H15ClN2O3/c1-2-3-10(12(17)18)15-11(16)7-4-5-8(13)9(14)6-7/h4-6,10H,2-3,14H2,1H3,(H,15,16)(H,17,18)/t10-/m0/s1. The van der Waals surface area contributed by atoms with Gasteiger partial charge in [-0.15, -0.1) is 0 Å². The van der Waals surface area contributed by atoms with Gasteiger partial charge >= 0.3 is 5.97 Å². The number of benzene rings is 1. The molecule has 1 atom stereocenters. The lowest BCUT2D eigenvalue weighted by Crippen LogP contribution is -2.40. The van der Waals surface area contributed by atoms with Gasteiger partial charge in [-0.1, -0.05) is 24.9 Å². The van der Waals surface area contributed by atoms with Crippen LogP contribution < -0.4 is 11.1 Å². The number of nitrogen functional groups attached to an aromatic ring is 1. The third-order valence-electron chi connectivity index (χ3n) is 2.44. The number of amides is 1. The molecule has 0 heterocycles. The van der Waals surface area contributed by atoms with Crippen molar-refractivity contribution in [2.24, 2.45) is 0 Å². The molecular formula is C12H15ClN2O3. The number of carbonyl (C=O) groups is 2. The van der Waals surface area contributed by atoms with Gasteiger partial charge in [-0.25, -0.2) is 4.79 Å². The van der Waals surface area contributed by atoms with E-state index in [2.05, 4.69) is 5.32 Å². The molecule has 0 saturated heterocycles. The summed E-state index contributed by atoms with van der Waals surface area (Å²) in [6, 6.07) is 3.53. The van der Waals surface area contributed by atoms with Crippen molar-refractivity contribution in [3.63, 3.8) is 0 Å². The van der Waals surface area contributed by atoms with Crippen molar-refractivity contribution in [2.75, 3.05) is 5.73 Å². The van der Waals surface area contributed by atoms with Crippen molar-refractivity contribution >= 4 is 29.2 Å². The van der Waals surface area contributed by atoms with Crippen LogP contribution in [0.1, 0.15) is 30.1 Å². The fraction of sp³-hybridized carbons (Fsp3) is 0.333. The first-order valence-corrected chi connectivity index (χ1v) is 5.92. The van der Waals surface area contributed by atoms with E-state index in [0.717, 1.165) is 0 Å². The Hall–Kier alpha value is -1.75. The molecule has 0 aromatic heterocycles. The average molecular weight is 271 g/mol. The summed E-state index contributed by atoms with van der Waals surface area (Å²) in [6.45, 7) is 1.85. The number of carboxylic acids is 1. The molecule has 0 spiro atoms. The van der Waals surface area contributed by atoms with E-state index >= 15 is 0 Å². The summed E-state index contributed by atoms with van der Waals surface area (Å²) >= 11 is 5.74. The van der Waals surface area contributed by atoms with Gasteiger partial charge in [0, 0.05) is 5.56 Å². The Morgan fingerprint density at radius 1 is 1.50 bits per heavy atom. The van der Waals surface area contributed by atoms with Crippen LogP contribution in [0.15, 0.2) is 18.2 Å². The lowest BCUT2D eigenvalue weighted by molar-refractivity contribution is -0.139. The maximum Gasteiger partial charge on any atom is 0.326 e. The third-order valence-corrected chi connectivity index (χ3v) is 2.78. The quantitative estimate of drug-likeness (QED) is 0.713. The highest BCUT2D eigenvalue weighted by atomic mass is 35.5. The first-order valence-electron chi connectivity index (χ1n) is 5.54. The van der Waals surface area contributed by atoms with Gasteiger partial charge in [0.1, 0.15) is 6.04 Å². The molecule has 4 N–H and O–H groups in total. The van der Waals surface area contributed by atoms with Gasteiger partial charge in [-0.3, -0.25) is 4.79 Å². The Balaban J connectivity index is 2.80. The minimum absolute atomic E-state index is 0.284. The predicted octanol–water partition coefficient (Wildman–Crippen LogP) is 1.91. The highest BCUT2D eigenvalue weighted by molar-refractivity contribution is 6.33. The van der Waals surface area contributed by atoms with Crippen LogP contribution in [0.3, 0.4) is 0 Å². The largest absolute Gasteiger partial charge is 0.480 e. The molecule has 0 saturated carbocycles. The van der Waals surface area contributed by atoms with Crippen molar-refractivity contribution in [2.45, 2.75) is 25.8 Å². The van der Waals surface area contributed by atoms with Crippen molar-refractivity contribution in [1.29, 1.82) is 0 Å². The van der Waals surface area contributed by atoms with Crippen LogP contribution in [0.2, 0.25) is 5.02 Å². The van der Waals surface area contributed by atoms with E-state index in [1.165, 1.54) is 18.2 Å². The topological polar surface area (TPSA) is 92.4 Å². The van der Waals surface area contributed by atoms with E-state index in [1.807, 2.05) is 6.92 Å². The molecule has 0 fully saturated rings. The third kappa shape index (κ3) is 3.63. The van der Waals surface area contributed by atoms with Crippen LogP contribution in [0.4, 0.5) is 5.69 Å². The van der Waals surface area contributed by atoms with E-state index in [9.17, 15) is 9.59 Å². The van der Waals surface area contributed by atoms with Crippen LogP contribution in [-0.2, 0) is 4.79 Å². The number of carboxylic acid groups (broad SMARTS) is 1. The Morgan fingerprint density at radius 3 is 2.67 bits per heavy atom. The molecule has 0 radical (unpaired) electrons. The summed E-state index contributed by atoms with van der Waals surface area (Å²) in [5.41, 5.74) is 6.15. The molecule has 1 aromatic rings. The molecule has 0 aliphatic carbocycles. The molecule has 0 unspecified atom stereocenters. The van der Waals surface area contributed by atoms with Crippen LogP contribution in [0.5, 0.6) is 0 Å². The zero-order valence-corrected chi connectivity index (χ0v) is 10.7. The van der Waals surface area contributed by atoms with Gasteiger partial charge < -0.3 is 16.2 Å². The lowest BCUT2D eigenvalue weighted by Gasteiger charge is -2.13. The number of aliphatic carboxylic acids is 1. The van der Waals surface area contributed by atoms with Crippen molar-refractivity contribution in [3.05, 3.63) is 28.8 Å². The summed E-state index contributed by atoms with van der Waals surface area (Å²) in [5.74, 6) is -1.52. The summed E-state index contributed by atoms with van der Waals surface area (Å²) < 4.78 is 0. The molecule has 1 amide bonds. The fourth-order valence-electron chi connectivity index (χ4n) is 1.47. The zero-order chi connectivity index (χ0) is 13.7. The maximum absolute atomic E-state index is 11.8. The summed E-state index contributed by atoms with van der Waals surface area (Å²) in [4.78, 5) is 22.7. The number of rotatable bonds is 5. The Morgan fingerprint density at radius 2 is 2.17 bits per heavy atom. The zero-order valence-electron chi connectivity index (χ0n) is 9.94. The van der Waals surface area contributed by atoms with Gasteiger partial charge in [0.05, 0.1) is 10.7 Å². The number of carbonyl (C=O) groups excluding carboxylic acids is 1. The minimum Gasteiger partial charge on any atom is -0.480 e. The van der Waals surface area contributed by atoms with Crippen molar-refractivity contribution < 1.29 is 14.7 Å². The fourth-order valence-corrected chi connectivity index (χ4v) is 1.59. The highest BCUT2D eigenvalue weighted by Crippen LogP contribution is 2.19. The molecule has 6 heteroatoms. The van der Waals surface area contributed by atoms with Crippen LogP contribution >= 0.6 is 11.6 Å². The summed E-state index contributed by atoms with van der Waals surface area (Å²) in [6.07, 6.45) is 1.05. The Kier molecular flexibility index (Phi) is 4.97. The molecule has 0 aliphatic heterocycles. The number of hydrogen-bond donors (Lipinski definition) is 3. The summed E-state index contributed by atoms with van der Waals surface area (Å²) in [7, 11) is 0. The van der Waals surface area contributed by atoms with Gasteiger partial charge in [0.15, 0.2) is 0 Å². The van der Waals surface area contributed by atoms with Gasteiger partial charge in [0.2, 0.25) is 0 Å². The van der Waals surface area contributed by atoms with Crippen LogP contribution in [0.25, 0.3) is 0 Å². The molecule has 0 bridgehead atoms. The minimum atomic E-state index is -1.05. The number of hydrogen-bond acceptors (Lipinski definition) is 3. The van der Waals surface area contributed by atoms with Crippen molar-refractivity contribution in [3.8, 4) is 0 Å². The molecule has 1 aromatic carbocycles. The monoisotopic (exact) mass is 270 g/mol. The SMILES string of the molecule is CCC[C@H](NC(=O)c1ccc(Cl)c(N)c1)C(=O)O. The molecule has 5 nitrogen and oxygen atoms in total.